The third-order valence-corrected chi connectivity index (χ3v) is 6.62. The van der Waals surface area contributed by atoms with Crippen molar-refractivity contribution in [1.29, 1.82) is 0 Å². The van der Waals surface area contributed by atoms with Crippen molar-refractivity contribution in [2.45, 2.75) is 42.8 Å². The molecule has 4 fully saturated rings. The monoisotopic (exact) mass is 361 g/mol. The van der Waals surface area contributed by atoms with Crippen molar-refractivity contribution in [1.82, 2.24) is 14.8 Å². The van der Waals surface area contributed by atoms with E-state index in [-0.39, 0.29) is 5.91 Å². The van der Waals surface area contributed by atoms with Gasteiger partial charge < -0.3 is 9.64 Å². The van der Waals surface area contributed by atoms with Gasteiger partial charge in [0.2, 0.25) is 0 Å². The molecule has 136 valence electrons. The minimum absolute atomic E-state index is 0.168. The normalized spacial score (nSPS) is 28.1. The fourth-order valence-electron chi connectivity index (χ4n) is 4.59. The summed E-state index contributed by atoms with van der Waals surface area (Å²) in [7, 11) is 0. The molecule has 5 heterocycles. The lowest BCUT2D eigenvalue weighted by atomic mass is 9.94. The van der Waals surface area contributed by atoms with Gasteiger partial charge >= 0.3 is 0 Å². The van der Waals surface area contributed by atoms with Gasteiger partial charge in [0.15, 0.2) is 0 Å². The molecule has 1 aromatic rings. The smallest absolute Gasteiger partial charge is 0.256 e. The average Bonchev–Trinajstić information content (AvgIpc) is 3.00. The third kappa shape index (κ3) is 3.57. The fourth-order valence-corrected chi connectivity index (χ4v) is 5.13. The number of ether oxygens (including phenoxy) is 1. The molecule has 0 aromatic carbocycles. The Kier molecular flexibility index (Phi) is 5.29. The van der Waals surface area contributed by atoms with E-state index in [1.165, 1.54) is 6.42 Å². The number of nitrogens with zero attached hydrogens (tertiary/aromatic N) is 3. The van der Waals surface area contributed by atoms with E-state index in [4.69, 9.17) is 4.74 Å². The highest BCUT2D eigenvalue weighted by Crippen LogP contribution is 2.32. The van der Waals surface area contributed by atoms with Crippen LogP contribution in [0, 0.1) is 5.92 Å². The number of amides is 1. The van der Waals surface area contributed by atoms with Gasteiger partial charge in [-0.15, -0.1) is 11.8 Å². The summed E-state index contributed by atoms with van der Waals surface area (Å²) in [6.45, 7) is 4.80. The van der Waals surface area contributed by atoms with E-state index in [0.29, 0.717) is 18.0 Å². The Morgan fingerprint density at radius 1 is 1.16 bits per heavy atom. The number of aromatic nitrogens is 1. The second kappa shape index (κ2) is 7.64. The second-order valence-corrected chi connectivity index (χ2v) is 8.21. The van der Waals surface area contributed by atoms with Crippen LogP contribution in [0.4, 0.5) is 0 Å². The average molecular weight is 362 g/mol. The van der Waals surface area contributed by atoms with Gasteiger partial charge in [-0.25, -0.2) is 4.98 Å². The molecule has 0 N–H and O–H groups in total. The molecular formula is C19H27N3O2S. The highest BCUT2D eigenvalue weighted by atomic mass is 32.2. The summed E-state index contributed by atoms with van der Waals surface area (Å²) in [6, 6.07) is 4.77. The standard InChI is InChI=1S/C19H27N3O2S/c1-25-18-17(3-2-8-20-18)19(23)22-12-14-4-5-16(22)13-21(11-14)15-6-9-24-10-7-15/h2-3,8,14-16H,4-7,9-13H2,1H3/t14-,16+/m0/s1. The van der Waals surface area contributed by atoms with Crippen LogP contribution >= 0.6 is 11.8 Å². The Morgan fingerprint density at radius 3 is 2.80 bits per heavy atom. The number of fused-ring (bicyclic) bond motifs is 4. The van der Waals surface area contributed by atoms with Crippen LogP contribution in [-0.2, 0) is 4.74 Å². The minimum Gasteiger partial charge on any atom is -0.381 e. The molecule has 5 nitrogen and oxygen atoms in total. The summed E-state index contributed by atoms with van der Waals surface area (Å²) in [5, 5.41) is 0.842. The summed E-state index contributed by atoms with van der Waals surface area (Å²) in [5.74, 6) is 0.765. The maximum atomic E-state index is 13.2. The molecule has 0 saturated carbocycles. The first kappa shape index (κ1) is 17.3. The number of hydrogen-bond acceptors (Lipinski definition) is 5. The second-order valence-electron chi connectivity index (χ2n) is 7.41. The Morgan fingerprint density at radius 2 is 2.00 bits per heavy atom. The van der Waals surface area contributed by atoms with E-state index >= 15 is 0 Å². The predicted molar refractivity (Wildman–Crippen MR) is 99.0 cm³/mol. The molecular weight excluding hydrogens is 334 g/mol. The van der Waals surface area contributed by atoms with Crippen LogP contribution < -0.4 is 0 Å². The number of carbonyl (C=O) groups is 1. The highest BCUT2D eigenvalue weighted by molar-refractivity contribution is 7.98. The van der Waals surface area contributed by atoms with Gasteiger partial charge in [-0.3, -0.25) is 9.69 Å². The Balaban J connectivity index is 1.53. The lowest BCUT2D eigenvalue weighted by molar-refractivity contribution is 0.0304. The molecule has 4 aliphatic rings. The first-order valence-corrected chi connectivity index (χ1v) is 10.6. The topological polar surface area (TPSA) is 45.7 Å². The summed E-state index contributed by atoms with van der Waals surface area (Å²) in [4.78, 5) is 22.4. The van der Waals surface area contributed by atoms with Gasteiger partial charge in [0.25, 0.3) is 5.91 Å². The maximum Gasteiger partial charge on any atom is 0.256 e. The zero-order chi connectivity index (χ0) is 17.2. The van der Waals surface area contributed by atoms with Gasteiger partial charge in [0.05, 0.1) is 5.56 Å². The lowest BCUT2D eigenvalue weighted by Crippen LogP contribution is -2.48. The summed E-state index contributed by atoms with van der Waals surface area (Å²) < 4.78 is 5.53. The zero-order valence-electron chi connectivity index (χ0n) is 14.9. The van der Waals surface area contributed by atoms with E-state index in [2.05, 4.69) is 14.8 Å². The molecule has 25 heavy (non-hydrogen) atoms. The molecule has 1 amide bonds. The van der Waals surface area contributed by atoms with Gasteiger partial charge in [0.1, 0.15) is 5.03 Å². The molecule has 2 atom stereocenters. The molecule has 0 aliphatic carbocycles. The minimum atomic E-state index is 0.168. The van der Waals surface area contributed by atoms with Crippen molar-refractivity contribution in [3.63, 3.8) is 0 Å². The van der Waals surface area contributed by atoms with E-state index in [0.717, 1.165) is 62.7 Å². The summed E-state index contributed by atoms with van der Waals surface area (Å²) >= 11 is 1.55. The Labute approximate surface area is 154 Å². The molecule has 0 unspecified atom stereocenters. The van der Waals surface area contributed by atoms with Crippen molar-refractivity contribution in [2.75, 3.05) is 39.1 Å². The molecule has 5 rings (SSSR count). The molecule has 0 spiro atoms. The van der Waals surface area contributed by atoms with Crippen LogP contribution in [0.15, 0.2) is 23.4 Å². The van der Waals surface area contributed by atoms with Crippen molar-refractivity contribution in [2.24, 2.45) is 5.92 Å². The zero-order valence-corrected chi connectivity index (χ0v) is 15.7. The number of carbonyl (C=O) groups excluding carboxylic acids is 1. The van der Waals surface area contributed by atoms with Crippen LogP contribution in [0.25, 0.3) is 0 Å². The molecule has 0 radical (unpaired) electrons. The van der Waals surface area contributed by atoms with Gasteiger partial charge in [-0.2, -0.15) is 0 Å². The summed E-state index contributed by atoms with van der Waals surface area (Å²) in [6.07, 6.45) is 8.39. The van der Waals surface area contributed by atoms with Crippen molar-refractivity contribution < 1.29 is 9.53 Å². The van der Waals surface area contributed by atoms with E-state index in [1.807, 2.05) is 18.4 Å². The van der Waals surface area contributed by atoms with E-state index < -0.39 is 0 Å². The quantitative estimate of drug-likeness (QED) is 0.774. The molecule has 4 saturated heterocycles. The fraction of sp³-hybridized carbons (Fsp3) is 0.684. The van der Waals surface area contributed by atoms with Crippen molar-refractivity contribution >= 4 is 17.7 Å². The molecule has 1 aromatic heterocycles. The van der Waals surface area contributed by atoms with Crippen LogP contribution in [0.3, 0.4) is 0 Å². The van der Waals surface area contributed by atoms with Crippen LogP contribution in [0.5, 0.6) is 0 Å². The third-order valence-electron chi connectivity index (χ3n) is 5.90. The first-order valence-electron chi connectivity index (χ1n) is 9.38. The van der Waals surface area contributed by atoms with Crippen LogP contribution in [0.2, 0.25) is 0 Å². The first-order chi connectivity index (χ1) is 12.3. The predicted octanol–water partition coefficient (Wildman–Crippen LogP) is 2.52. The van der Waals surface area contributed by atoms with Gasteiger partial charge in [-0.1, -0.05) is 0 Å². The van der Waals surface area contributed by atoms with E-state index in [9.17, 15) is 4.79 Å². The molecule has 4 aliphatic heterocycles. The SMILES string of the molecule is CSc1ncccc1C(=O)N1C[C@H]2CC[C@@H]1CN(C1CCOCC1)C2. The van der Waals surface area contributed by atoms with Crippen LogP contribution in [-0.4, -0.2) is 71.9 Å². The van der Waals surface area contributed by atoms with Crippen molar-refractivity contribution in [3.8, 4) is 0 Å². The van der Waals surface area contributed by atoms with Gasteiger partial charge in [0, 0.05) is 51.1 Å². The molecule has 6 heteroatoms. The number of thioether (sulfide) groups is 1. The number of rotatable bonds is 3. The van der Waals surface area contributed by atoms with Crippen LogP contribution in [0.1, 0.15) is 36.0 Å². The van der Waals surface area contributed by atoms with Crippen molar-refractivity contribution in [3.05, 3.63) is 23.9 Å². The van der Waals surface area contributed by atoms with E-state index in [1.54, 1.807) is 18.0 Å². The Bertz CT molecular complexity index is 620. The maximum absolute atomic E-state index is 13.2. The summed E-state index contributed by atoms with van der Waals surface area (Å²) in [5.41, 5.74) is 0.764. The molecule has 2 bridgehead atoms. The largest absolute Gasteiger partial charge is 0.381 e. The number of hydrogen-bond donors (Lipinski definition) is 0. The number of piperidine rings is 1. The number of pyridine rings is 1. The lowest BCUT2D eigenvalue weighted by Gasteiger charge is -2.37. The Hall–Kier alpha value is -1.11. The van der Waals surface area contributed by atoms with Gasteiger partial charge in [-0.05, 0) is 50.0 Å². The highest BCUT2D eigenvalue weighted by Gasteiger charge is 2.39.